The number of nitrogens with one attached hydrogen (secondary N) is 2. The molecule has 6 nitrogen and oxygen atoms in total. The van der Waals surface area contributed by atoms with Gasteiger partial charge in [-0.1, -0.05) is 26.7 Å². The fourth-order valence-electron chi connectivity index (χ4n) is 3.15. The van der Waals surface area contributed by atoms with Crippen LogP contribution in [0.4, 0.5) is 5.82 Å². The van der Waals surface area contributed by atoms with Crippen LogP contribution in [0.2, 0.25) is 0 Å². The zero-order chi connectivity index (χ0) is 14.3. The second-order valence-electron chi connectivity index (χ2n) is 5.93. The van der Waals surface area contributed by atoms with Crippen LogP contribution in [0.5, 0.6) is 0 Å². The Morgan fingerprint density at radius 3 is 3.00 bits per heavy atom. The Morgan fingerprint density at radius 1 is 1.40 bits per heavy atom. The molecule has 3 unspecified atom stereocenters. The van der Waals surface area contributed by atoms with Crippen LogP contribution in [-0.4, -0.2) is 25.6 Å². The molecule has 2 aromatic heterocycles. The van der Waals surface area contributed by atoms with E-state index in [0.29, 0.717) is 23.4 Å². The minimum absolute atomic E-state index is 0.240. The second kappa shape index (κ2) is 4.92. The lowest BCUT2D eigenvalue weighted by Crippen LogP contribution is -2.35. The van der Waals surface area contributed by atoms with E-state index in [4.69, 9.17) is 0 Å². The average Bonchev–Trinajstić information content (AvgIpc) is 2.77. The van der Waals surface area contributed by atoms with Crippen molar-refractivity contribution in [3.05, 3.63) is 22.4 Å². The molecule has 0 aromatic carbocycles. The van der Waals surface area contributed by atoms with E-state index in [-0.39, 0.29) is 5.69 Å². The topological polar surface area (TPSA) is 75.1 Å². The highest BCUT2D eigenvalue weighted by molar-refractivity contribution is 5.50. The number of H-pyrrole nitrogens is 1. The van der Waals surface area contributed by atoms with Gasteiger partial charge >= 0.3 is 5.69 Å². The van der Waals surface area contributed by atoms with E-state index in [0.717, 1.165) is 11.7 Å². The average molecular weight is 275 g/mol. The molecule has 2 aromatic rings. The van der Waals surface area contributed by atoms with Gasteiger partial charge < -0.3 is 5.32 Å². The smallest absolute Gasteiger partial charge is 0.349 e. The van der Waals surface area contributed by atoms with Crippen molar-refractivity contribution in [3.63, 3.8) is 0 Å². The van der Waals surface area contributed by atoms with E-state index >= 15 is 0 Å². The highest BCUT2D eigenvalue weighted by Crippen LogP contribution is 2.31. The number of hydrogen-bond acceptors (Lipinski definition) is 4. The summed E-state index contributed by atoms with van der Waals surface area (Å²) in [5, 5.41) is 9.99. The molecule has 108 valence electrons. The molecule has 0 radical (unpaired) electrons. The summed E-state index contributed by atoms with van der Waals surface area (Å²) in [6, 6.07) is 2.27. The highest BCUT2D eigenvalue weighted by Gasteiger charge is 2.27. The largest absolute Gasteiger partial charge is 0.367 e. The van der Waals surface area contributed by atoms with E-state index in [9.17, 15) is 4.79 Å². The van der Waals surface area contributed by atoms with Gasteiger partial charge in [-0.05, 0) is 25.2 Å². The maximum Gasteiger partial charge on any atom is 0.349 e. The molecule has 3 rings (SSSR count). The molecule has 3 atom stereocenters. The van der Waals surface area contributed by atoms with Crippen LogP contribution in [-0.2, 0) is 0 Å². The number of aryl methyl sites for hydroxylation is 1. The van der Waals surface area contributed by atoms with E-state index in [1.165, 1.54) is 23.7 Å². The second-order valence-corrected chi connectivity index (χ2v) is 5.93. The van der Waals surface area contributed by atoms with Gasteiger partial charge in [-0.2, -0.15) is 5.10 Å². The van der Waals surface area contributed by atoms with Crippen LogP contribution in [0.25, 0.3) is 5.65 Å². The van der Waals surface area contributed by atoms with Crippen molar-refractivity contribution in [2.75, 3.05) is 5.32 Å². The van der Waals surface area contributed by atoms with Crippen molar-refractivity contribution in [2.45, 2.75) is 46.1 Å². The van der Waals surface area contributed by atoms with Gasteiger partial charge in [0.2, 0.25) is 0 Å². The Balaban J connectivity index is 1.89. The predicted molar refractivity (Wildman–Crippen MR) is 77.9 cm³/mol. The molecule has 2 heterocycles. The minimum atomic E-state index is -0.240. The van der Waals surface area contributed by atoms with Crippen molar-refractivity contribution >= 4 is 11.5 Å². The van der Waals surface area contributed by atoms with Crippen molar-refractivity contribution in [2.24, 2.45) is 11.8 Å². The first-order valence-corrected chi connectivity index (χ1v) is 7.27. The molecule has 0 saturated heterocycles. The summed E-state index contributed by atoms with van der Waals surface area (Å²) >= 11 is 0. The molecule has 0 aliphatic heterocycles. The summed E-state index contributed by atoms with van der Waals surface area (Å²) in [4.78, 5) is 16.1. The zero-order valence-electron chi connectivity index (χ0n) is 12.2. The minimum Gasteiger partial charge on any atom is -0.367 e. The highest BCUT2D eigenvalue weighted by atomic mass is 16.1. The van der Waals surface area contributed by atoms with E-state index < -0.39 is 0 Å². The molecule has 1 fully saturated rings. The number of anilines is 1. The number of rotatable bonds is 2. The van der Waals surface area contributed by atoms with Gasteiger partial charge in [-0.25, -0.2) is 19.3 Å². The lowest BCUT2D eigenvalue weighted by atomic mass is 9.78. The van der Waals surface area contributed by atoms with Crippen LogP contribution in [0.1, 0.15) is 38.9 Å². The maximum absolute atomic E-state index is 11.6. The Morgan fingerprint density at radius 2 is 2.20 bits per heavy atom. The Hall–Kier alpha value is -1.85. The van der Waals surface area contributed by atoms with Crippen LogP contribution in [0.3, 0.4) is 0 Å². The zero-order valence-corrected chi connectivity index (χ0v) is 12.2. The number of aromatic amines is 1. The summed E-state index contributed by atoms with van der Waals surface area (Å²) in [5.41, 5.74) is 0.373. The van der Waals surface area contributed by atoms with E-state index in [2.05, 4.69) is 34.3 Å². The Bertz CT molecular complexity index is 674. The quantitative estimate of drug-likeness (QED) is 0.878. The third kappa shape index (κ3) is 2.19. The van der Waals surface area contributed by atoms with Crippen LogP contribution in [0, 0.1) is 18.8 Å². The molecule has 0 bridgehead atoms. The molecule has 1 aliphatic carbocycles. The fourth-order valence-corrected chi connectivity index (χ4v) is 3.15. The normalized spacial score (nSPS) is 26.9. The predicted octanol–water partition coefficient (Wildman–Crippen LogP) is 1.96. The molecular formula is C14H21N5O. The summed E-state index contributed by atoms with van der Waals surface area (Å²) in [7, 11) is 0. The van der Waals surface area contributed by atoms with Crippen molar-refractivity contribution < 1.29 is 0 Å². The van der Waals surface area contributed by atoms with Gasteiger partial charge in [0.1, 0.15) is 11.6 Å². The molecule has 1 aliphatic rings. The van der Waals surface area contributed by atoms with Crippen LogP contribution in [0.15, 0.2) is 10.9 Å². The van der Waals surface area contributed by atoms with Gasteiger partial charge in [0, 0.05) is 12.1 Å². The third-order valence-electron chi connectivity index (χ3n) is 4.61. The van der Waals surface area contributed by atoms with Crippen molar-refractivity contribution in [1.29, 1.82) is 0 Å². The van der Waals surface area contributed by atoms with Gasteiger partial charge in [0.05, 0.1) is 0 Å². The number of aromatic nitrogens is 4. The monoisotopic (exact) mass is 275 g/mol. The van der Waals surface area contributed by atoms with Gasteiger partial charge in [-0.3, -0.25) is 0 Å². The standard InChI is InChI=1S/C14H21N5O/c1-8-5-4-6-11(9(8)2)16-12-7-13-17-18-14(20)19(13)10(3)15-12/h7-9,11,16H,4-6H2,1-3H3,(H,18,20). The third-order valence-corrected chi connectivity index (χ3v) is 4.61. The summed E-state index contributed by atoms with van der Waals surface area (Å²) < 4.78 is 1.48. The van der Waals surface area contributed by atoms with Crippen LogP contribution >= 0.6 is 0 Å². The number of hydrogen-bond donors (Lipinski definition) is 2. The fraction of sp³-hybridized carbons (Fsp3) is 0.643. The lowest BCUT2D eigenvalue weighted by Gasteiger charge is -2.34. The van der Waals surface area contributed by atoms with E-state index in [1.54, 1.807) is 0 Å². The molecular weight excluding hydrogens is 254 g/mol. The lowest BCUT2D eigenvalue weighted by molar-refractivity contribution is 0.253. The summed E-state index contributed by atoms with van der Waals surface area (Å²) in [5.74, 6) is 2.82. The Kier molecular flexibility index (Phi) is 3.23. The molecule has 20 heavy (non-hydrogen) atoms. The summed E-state index contributed by atoms with van der Waals surface area (Å²) in [6.07, 6.45) is 3.73. The molecule has 6 heteroatoms. The molecule has 2 N–H and O–H groups in total. The van der Waals surface area contributed by atoms with Crippen LogP contribution < -0.4 is 11.0 Å². The first-order valence-electron chi connectivity index (χ1n) is 7.27. The van der Waals surface area contributed by atoms with Gasteiger partial charge in [-0.15, -0.1) is 0 Å². The van der Waals surface area contributed by atoms with Gasteiger partial charge in [0.15, 0.2) is 5.65 Å². The van der Waals surface area contributed by atoms with E-state index in [1.807, 2.05) is 13.0 Å². The molecule has 1 saturated carbocycles. The van der Waals surface area contributed by atoms with Crippen molar-refractivity contribution in [3.8, 4) is 0 Å². The Labute approximate surface area is 117 Å². The van der Waals surface area contributed by atoms with Gasteiger partial charge in [0.25, 0.3) is 0 Å². The number of nitrogens with zero attached hydrogens (tertiary/aromatic N) is 3. The molecule has 0 amide bonds. The summed E-state index contributed by atoms with van der Waals surface area (Å²) in [6.45, 7) is 6.43. The molecule has 0 spiro atoms. The van der Waals surface area contributed by atoms with Crippen molar-refractivity contribution in [1.82, 2.24) is 19.6 Å². The first-order chi connectivity index (χ1) is 9.56. The number of fused-ring (bicyclic) bond motifs is 1. The SMILES string of the molecule is Cc1nc(NC2CCCC(C)C2C)cc2n[nH]c(=O)n12. The first kappa shape index (κ1) is 13.1. The maximum atomic E-state index is 11.6.